The summed E-state index contributed by atoms with van der Waals surface area (Å²) in [4.78, 5) is 14.6. The lowest BCUT2D eigenvalue weighted by Crippen LogP contribution is -2.33. The molecule has 21 heavy (non-hydrogen) atoms. The monoisotopic (exact) mass is 316 g/mol. The van der Waals surface area contributed by atoms with E-state index in [9.17, 15) is 18.4 Å². The van der Waals surface area contributed by atoms with Gasteiger partial charge in [-0.3, -0.25) is 4.55 Å². The Bertz CT molecular complexity index is 716. The number of hydroxylamine groups is 1. The van der Waals surface area contributed by atoms with Gasteiger partial charge in [0, 0.05) is 27.7 Å². The fraction of sp³-hybridized carbons (Fsp3) is 0.417. The highest BCUT2D eigenvalue weighted by molar-refractivity contribution is 7.85. The predicted octanol–water partition coefficient (Wildman–Crippen LogP) is 1.14. The van der Waals surface area contributed by atoms with Crippen LogP contribution in [0.3, 0.4) is 0 Å². The van der Waals surface area contributed by atoms with Gasteiger partial charge in [-0.1, -0.05) is 0 Å². The van der Waals surface area contributed by atoms with Crippen molar-refractivity contribution in [2.75, 3.05) is 0 Å². The van der Waals surface area contributed by atoms with Crippen LogP contribution in [0.4, 0.5) is 0 Å². The van der Waals surface area contributed by atoms with E-state index >= 15 is 0 Å². The quantitative estimate of drug-likeness (QED) is 0.281. The number of carboxylic acids is 1. The molecule has 1 rings (SSSR count). The number of nitrogens with zero attached hydrogens (tertiary/aromatic N) is 2. The molecule has 0 saturated heterocycles. The summed E-state index contributed by atoms with van der Waals surface area (Å²) in [6.07, 6.45) is 0. The minimum atomic E-state index is -4.63. The molecule has 1 heterocycles. The smallest absolute Gasteiger partial charge is 0.355 e. The highest BCUT2D eigenvalue weighted by Crippen LogP contribution is 2.16. The Morgan fingerprint density at radius 1 is 1.33 bits per heavy atom. The lowest BCUT2D eigenvalue weighted by molar-refractivity contribution is -0.535. The molecule has 0 aliphatic carbocycles. The first-order valence-corrected chi connectivity index (χ1v) is 7.33. The average Bonchev–Trinajstić information content (AvgIpc) is 2.34. The summed E-state index contributed by atoms with van der Waals surface area (Å²) < 4.78 is 31.5. The average molecular weight is 316 g/mol. The van der Waals surface area contributed by atoms with Gasteiger partial charge in [-0.05, 0) is 12.1 Å². The lowest BCUT2D eigenvalue weighted by Gasteiger charge is -2.21. The maximum Gasteiger partial charge on any atom is 0.355 e. The van der Waals surface area contributed by atoms with Gasteiger partial charge in [0.2, 0.25) is 0 Å². The number of hydrogen-bond acceptors (Lipinski definition) is 5. The van der Waals surface area contributed by atoms with Crippen LogP contribution in [0.5, 0.6) is 0 Å². The van der Waals surface area contributed by atoms with Crippen molar-refractivity contribution < 1.29 is 27.6 Å². The van der Waals surface area contributed by atoms with Gasteiger partial charge >= 0.3 is 16.1 Å². The van der Waals surface area contributed by atoms with Gasteiger partial charge in [0.15, 0.2) is 22.0 Å². The molecular weight excluding hydrogens is 300 g/mol. The van der Waals surface area contributed by atoms with Crippen LogP contribution < -0.4 is 0 Å². The maximum absolute atomic E-state index is 12.1. The van der Waals surface area contributed by atoms with E-state index in [2.05, 4.69) is 4.98 Å². The Balaban J connectivity index is 3.63. The number of hydrogen-bond donors (Lipinski definition) is 2. The normalized spacial score (nSPS) is 13.8. The minimum Gasteiger partial charge on any atom is -0.623 e. The Labute approximate surface area is 122 Å². The molecule has 0 aliphatic heterocycles. The molecule has 0 aliphatic rings. The van der Waals surface area contributed by atoms with E-state index in [0.717, 1.165) is 12.1 Å². The molecule has 9 heteroatoms. The van der Waals surface area contributed by atoms with E-state index in [4.69, 9.17) is 9.66 Å². The SMILES string of the molecule is CC(c1ccc(S(=O)(=O)O)nc1C(=O)O)=[N+]([O-])C(C)(C)C. The van der Waals surface area contributed by atoms with Crippen molar-refractivity contribution in [3.63, 3.8) is 0 Å². The minimum absolute atomic E-state index is 0.0141. The van der Waals surface area contributed by atoms with Crippen LogP contribution in [0.15, 0.2) is 17.2 Å². The first-order valence-electron chi connectivity index (χ1n) is 5.89. The second-order valence-electron chi connectivity index (χ2n) is 5.38. The van der Waals surface area contributed by atoms with Crippen LogP contribution in [-0.4, -0.2) is 45.0 Å². The summed E-state index contributed by atoms with van der Waals surface area (Å²) in [5.41, 5.74) is -1.36. The molecular formula is C12H16N2O6S. The highest BCUT2D eigenvalue weighted by atomic mass is 32.2. The van der Waals surface area contributed by atoms with Crippen molar-refractivity contribution in [3.8, 4) is 0 Å². The zero-order chi connectivity index (χ0) is 16.6. The number of rotatable bonds is 3. The van der Waals surface area contributed by atoms with E-state index in [1.165, 1.54) is 6.92 Å². The Morgan fingerprint density at radius 3 is 2.24 bits per heavy atom. The third kappa shape index (κ3) is 3.76. The zero-order valence-corrected chi connectivity index (χ0v) is 12.8. The fourth-order valence-electron chi connectivity index (χ4n) is 1.65. The molecule has 116 valence electrons. The second kappa shape index (κ2) is 5.41. The van der Waals surface area contributed by atoms with Gasteiger partial charge in [-0.25, -0.2) is 14.5 Å². The number of carboxylic acid groups (broad SMARTS) is 1. The molecule has 0 unspecified atom stereocenters. The van der Waals surface area contributed by atoms with Crippen LogP contribution in [0, 0.1) is 5.21 Å². The molecule has 0 amide bonds. The summed E-state index contributed by atoms with van der Waals surface area (Å²) in [5, 5.41) is 20.4. The molecule has 0 spiro atoms. The molecule has 1 aromatic heterocycles. The molecule has 0 aromatic carbocycles. The summed E-state index contributed by atoms with van der Waals surface area (Å²) in [5.74, 6) is -1.50. The van der Waals surface area contributed by atoms with Crippen LogP contribution in [0.1, 0.15) is 43.7 Å². The van der Waals surface area contributed by atoms with E-state index in [-0.39, 0.29) is 11.3 Å². The third-order valence-electron chi connectivity index (χ3n) is 2.64. The van der Waals surface area contributed by atoms with Gasteiger partial charge in [0.05, 0.1) is 5.56 Å². The molecule has 0 bridgehead atoms. The predicted molar refractivity (Wildman–Crippen MR) is 74.2 cm³/mol. The first-order chi connectivity index (χ1) is 9.35. The maximum atomic E-state index is 12.1. The van der Waals surface area contributed by atoms with Gasteiger partial charge in [0.25, 0.3) is 0 Å². The second-order valence-corrected chi connectivity index (χ2v) is 6.74. The molecule has 8 nitrogen and oxygen atoms in total. The van der Waals surface area contributed by atoms with Crippen molar-refractivity contribution in [1.82, 2.24) is 4.98 Å². The summed E-state index contributed by atoms with van der Waals surface area (Å²) in [7, 11) is -4.63. The summed E-state index contributed by atoms with van der Waals surface area (Å²) in [6.45, 7) is 6.34. The lowest BCUT2D eigenvalue weighted by atomic mass is 10.1. The first kappa shape index (κ1) is 17.1. The van der Waals surface area contributed by atoms with Crippen molar-refractivity contribution in [1.29, 1.82) is 0 Å². The number of carbonyl (C=O) groups is 1. The van der Waals surface area contributed by atoms with Gasteiger partial charge < -0.3 is 10.3 Å². The van der Waals surface area contributed by atoms with Crippen molar-refractivity contribution in [2.45, 2.75) is 38.3 Å². The molecule has 0 radical (unpaired) electrons. The van der Waals surface area contributed by atoms with E-state index in [1.807, 2.05) is 0 Å². The largest absolute Gasteiger partial charge is 0.623 e. The third-order valence-corrected chi connectivity index (χ3v) is 3.40. The standard InChI is InChI=1S/C12H16N2O6S/c1-7(14(17)12(2,3)4)8-5-6-9(21(18,19)20)13-10(8)11(15)16/h5-6H,1-4H3,(H,15,16)(H,18,19,20). The Morgan fingerprint density at radius 2 is 1.86 bits per heavy atom. The zero-order valence-electron chi connectivity index (χ0n) is 12.0. The molecule has 0 atom stereocenters. The van der Waals surface area contributed by atoms with Gasteiger partial charge in [-0.2, -0.15) is 8.42 Å². The van der Waals surface area contributed by atoms with Crippen molar-refractivity contribution >= 4 is 21.8 Å². The molecule has 1 aromatic rings. The fourth-order valence-corrected chi connectivity index (χ4v) is 2.10. The molecule has 0 saturated carbocycles. The van der Waals surface area contributed by atoms with Crippen LogP contribution in [0.2, 0.25) is 0 Å². The van der Waals surface area contributed by atoms with E-state index in [1.54, 1.807) is 20.8 Å². The molecule has 0 fully saturated rings. The van der Waals surface area contributed by atoms with Crippen LogP contribution in [0.25, 0.3) is 0 Å². The Hall–Kier alpha value is -2.00. The Kier molecular flexibility index (Phi) is 4.40. The summed E-state index contributed by atoms with van der Waals surface area (Å²) >= 11 is 0. The summed E-state index contributed by atoms with van der Waals surface area (Å²) in [6, 6.07) is 2.07. The van der Waals surface area contributed by atoms with Gasteiger partial charge in [-0.15, -0.1) is 0 Å². The van der Waals surface area contributed by atoms with Crippen molar-refractivity contribution in [2.24, 2.45) is 0 Å². The van der Waals surface area contributed by atoms with Crippen LogP contribution >= 0.6 is 0 Å². The van der Waals surface area contributed by atoms with Gasteiger partial charge in [0.1, 0.15) is 0 Å². The topological polar surface area (TPSA) is 131 Å². The highest BCUT2D eigenvalue weighted by Gasteiger charge is 2.27. The number of aromatic carboxylic acids is 1. The number of aromatic nitrogens is 1. The molecule has 2 N–H and O–H groups in total. The van der Waals surface area contributed by atoms with E-state index < -0.39 is 32.3 Å². The van der Waals surface area contributed by atoms with Crippen molar-refractivity contribution in [3.05, 3.63) is 28.6 Å². The number of pyridine rings is 1. The van der Waals surface area contributed by atoms with E-state index in [0.29, 0.717) is 4.74 Å². The van der Waals surface area contributed by atoms with Crippen LogP contribution in [-0.2, 0) is 10.1 Å².